The highest BCUT2D eigenvalue weighted by Gasteiger charge is 2.04. The van der Waals surface area contributed by atoms with Gasteiger partial charge >= 0.3 is 5.97 Å². The molecule has 0 spiro atoms. The molecular weight excluding hydrogens is 246 g/mol. The van der Waals surface area contributed by atoms with Crippen LogP contribution in [-0.2, 0) is 9.59 Å². The van der Waals surface area contributed by atoms with E-state index in [-0.39, 0.29) is 23.9 Å². The summed E-state index contributed by atoms with van der Waals surface area (Å²) >= 11 is 5.62. The molecule has 1 heterocycles. The third-order valence-corrected chi connectivity index (χ3v) is 2.15. The van der Waals surface area contributed by atoms with Gasteiger partial charge < -0.3 is 10.4 Å². The Kier molecular flexibility index (Phi) is 5.35. The van der Waals surface area contributed by atoms with Crippen molar-refractivity contribution in [2.45, 2.75) is 25.7 Å². The highest BCUT2D eigenvalue weighted by atomic mass is 35.5. The second-order valence-electron chi connectivity index (χ2n) is 3.37. The minimum absolute atomic E-state index is 0.0760. The van der Waals surface area contributed by atoms with Crippen molar-refractivity contribution in [1.82, 2.24) is 9.97 Å². The summed E-state index contributed by atoms with van der Waals surface area (Å²) in [7, 11) is 0. The van der Waals surface area contributed by atoms with Crippen molar-refractivity contribution in [3.8, 4) is 0 Å². The normalized spacial score (nSPS) is 9.94. The summed E-state index contributed by atoms with van der Waals surface area (Å²) in [6.45, 7) is 0. The lowest BCUT2D eigenvalue weighted by Crippen LogP contribution is -2.12. The van der Waals surface area contributed by atoms with E-state index in [1.807, 2.05) is 0 Å². The molecule has 2 N–H and O–H groups in total. The molecule has 1 aromatic rings. The lowest BCUT2D eigenvalue weighted by molar-refractivity contribution is -0.137. The van der Waals surface area contributed by atoms with E-state index in [4.69, 9.17) is 16.7 Å². The van der Waals surface area contributed by atoms with Gasteiger partial charge in [0.15, 0.2) is 0 Å². The minimum Gasteiger partial charge on any atom is -0.481 e. The van der Waals surface area contributed by atoms with Crippen molar-refractivity contribution >= 4 is 29.3 Å². The third-order valence-electron chi connectivity index (χ3n) is 1.95. The molecule has 92 valence electrons. The van der Waals surface area contributed by atoms with Crippen LogP contribution in [-0.4, -0.2) is 27.0 Å². The molecule has 0 fully saturated rings. The topological polar surface area (TPSA) is 92.2 Å². The Balaban J connectivity index is 2.27. The van der Waals surface area contributed by atoms with Gasteiger partial charge in [-0.15, -0.1) is 0 Å². The number of carbonyl (C=O) groups is 2. The summed E-state index contributed by atoms with van der Waals surface area (Å²) in [5.74, 6) is -0.730. The Labute approximate surface area is 103 Å². The fourth-order valence-electron chi connectivity index (χ4n) is 1.17. The van der Waals surface area contributed by atoms with Gasteiger partial charge in [-0.05, 0) is 12.8 Å². The second-order valence-corrected chi connectivity index (χ2v) is 3.76. The molecule has 0 unspecified atom stereocenters. The summed E-state index contributed by atoms with van der Waals surface area (Å²) in [4.78, 5) is 29.1. The summed E-state index contributed by atoms with van der Waals surface area (Å²) in [6, 6.07) is 1.44. The van der Waals surface area contributed by atoms with E-state index in [9.17, 15) is 9.59 Å². The van der Waals surface area contributed by atoms with Crippen molar-refractivity contribution in [3.63, 3.8) is 0 Å². The molecule has 0 radical (unpaired) electrons. The van der Waals surface area contributed by atoms with E-state index in [0.29, 0.717) is 18.7 Å². The first-order chi connectivity index (χ1) is 8.08. The van der Waals surface area contributed by atoms with Crippen molar-refractivity contribution in [1.29, 1.82) is 0 Å². The lowest BCUT2D eigenvalue weighted by atomic mass is 10.2. The number of carboxylic acid groups (broad SMARTS) is 1. The molecule has 6 nitrogen and oxygen atoms in total. The zero-order valence-corrected chi connectivity index (χ0v) is 9.78. The van der Waals surface area contributed by atoms with Gasteiger partial charge in [0.25, 0.3) is 0 Å². The number of halogens is 1. The van der Waals surface area contributed by atoms with E-state index >= 15 is 0 Å². The molecule has 0 atom stereocenters. The number of nitrogens with one attached hydrogen (secondary N) is 1. The van der Waals surface area contributed by atoms with Crippen LogP contribution in [0.2, 0.25) is 5.15 Å². The van der Waals surface area contributed by atoms with Crippen LogP contribution < -0.4 is 5.32 Å². The van der Waals surface area contributed by atoms with E-state index < -0.39 is 5.97 Å². The number of amides is 1. The Bertz CT molecular complexity index is 412. The average molecular weight is 258 g/mol. The van der Waals surface area contributed by atoms with Crippen LogP contribution in [0.5, 0.6) is 0 Å². The third kappa shape index (κ3) is 5.82. The standard InChI is InChI=1S/C10H12ClN3O3/c11-7-5-8(13-6-12-7)14-9(15)3-1-2-4-10(16)17/h5-6H,1-4H2,(H,16,17)(H,12,13,14,15). The molecule has 0 aliphatic carbocycles. The van der Waals surface area contributed by atoms with Crippen LogP contribution >= 0.6 is 11.6 Å². The van der Waals surface area contributed by atoms with Gasteiger partial charge in [0.05, 0.1) is 0 Å². The fourth-order valence-corrected chi connectivity index (χ4v) is 1.32. The van der Waals surface area contributed by atoms with E-state index in [2.05, 4.69) is 15.3 Å². The first kappa shape index (κ1) is 13.4. The first-order valence-electron chi connectivity index (χ1n) is 5.07. The Morgan fingerprint density at radius 1 is 1.29 bits per heavy atom. The van der Waals surface area contributed by atoms with Gasteiger partial charge in [0.1, 0.15) is 17.3 Å². The molecule has 7 heteroatoms. The quantitative estimate of drug-likeness (QED) is 0.598. The highest BCUT2D eigenvalue weighted by Crippen LogP contribution is 2.09. The molecule has 0 saturated heterocycles. The van der Waals surface area contributed by atoms with Crippen LogP contribution in [0.1, 0.15) is 25.7 Å². The van der Waals surface area contributed by atoms with E-state index in [0.717, 1.165) is 0 Å². The van der Waals surface area contributed by atoms with Gasteiger partial charge in [0, 0.05) is 18.9 Å². The van der Waals surface area contributed by atoms with Crippen molar-refractivity contribution in [2.24, 2.45) is 0 Å². The minimum atomic E-state index is -0.854. The average Bonchev–Trinajstić information content (AvgIpc) is 2.24. The summed E-state index contributed by atoms with van der Waals surface area (Å²) < 4.78 is 0. The van der Waals surface area contributed by atoms with Gasteiger partial charge in [0.2, 0.25) is 5.91 Å². The SMILES string of the molecule is O=C(O)CCCCC(=O)Nc1cc(Cl)ncn1. The van der Waals surface area contributed by atoms with Gasteiger partial charge in [-0.2, -0.15) is 0 Å². The van der Waals surface area contributed by atoms with Gasteiger partial charge in [-0.1, -0.05) is 11.6 Å². The molecule has 0 aromatic carbocycles. The Hall–Kier alpha value is -1.69. The number of unbranched alkanes of at least 4 members (excludes halogenated alkanes) is 1. The van der Waals surface area contributed by atoms with Crippen LogP contribution in [0.25, 0.3) is 0 Å². The van der Waals surface area contributed by atoms with Crippen LogP contribution in [0, 0.1) is 0 Å². The van der Waals surface area contributed by atoms with Crippen LogP contribution in [0.15, 0.2) is 12.4 Å². The predicted octanol–water partition coefficient (Wildman–Crippen LogP) is 1.71. The van der Waals surface area contributed by atoms with Crippen molar-refractivity contribution in [2.75, 3.05) is 5.32 Å². The van der Waals surface area contributed by atoms with Gasteiger partial charge in [-0.25, -0.2) is 9.97 Å². The molecule has 1 rings (SSSR count). The molecule has 17 heavy (non-hydrogen) atoms. The van der Waals surface area contributed by atoms with Crippen LogP contribution in [0.3, 0.4) is 0 Å². The number of hydrogen-bond acceptors (Lipinski definition) is 4. The zero-order chi connectivity index (χ0) is 12.7. The van der Waals surface area contributed by atoms with Crippen LogP contribution in [0.4, 0.5) is 5.82 Å². The number of carboxylic acids is 1. The smallest absolute Gasteiger partial charge is 0.303 e. The monoisotopic (exact) mass is 257 g/mol. The van der Waals surface area contributed by atoms with E-state index in [1.165, 1.54) is 12.4 Å². The second kappa shape index (κ2) is 6.80. The maximum Gasteiger partial charge on any atom is 0.303 e. The zero-order valence-electron chi connectivity index (χ0n) is 9.02. The van der Waals surface area contributed by atoms with Crippen molar-refractivity contribution < 1.29 is 14.7 Å². The maximum atomic E-state index is 11.4. The summed E-state index contributed by atoms with van der Waals surface area (Å²) in [5, 5.41) is 11.2. The maximum absolute atomic E-state index is 11.4. The summed E-state index contributed by atoms with van der Waals surface area (Å²) in [6.07, 6.45) is 2.59. The van der Waals surface area contributed by atoms with Gasteiger partial charge in [-0.3, -0.25) is 9.59 Å². The number of carbonyl (C=O) groups excluding carboxylic acids is 1. The highest BCUT2D eigenvalue weighted by molar-refractivity contribution is 6.29. The summed E-state index contributed by atoms with van der Waals surface area (Å²) in [5.41, 5.74) is 0. The number of nitrogens with zero attached hydrogens (tertiary/aromatic N) is 2. The fraction of sp³-hybridized carbons (Fsp3) is 0.400. The largest absolute Gasteiger partial charge is 0.481 e. The number of anilines is 1. The lowest BCUT2D eigenvalue weighted by Gasteiger charge is -2.03. The Morgan fingerprint density at radius 2 is 2.00 bits per heavy atom. The molecular formula is C10H12ClN3O3. The first-order valence-corrected chi connectivity index (χ1v) is 5.45. The predicted molar refractivity (Wildman–Crippen MR) is 61.8 cm³/mol. The molecule has 0 saturated carbocycles. The van der Waals surface area contributed by atoms with Crippen molar-refractivity contribution in [3.05, 3.63) is 17.5 Å². The molecule has 1 amide bonds. The van der Waals surface area contributed by atoms with E-state index in [1.54, 1.807) is 0 Å². The molecule has 0 aliphatic rings. The Morgan fingerprint density at radius 3 is 2.65 bits per heavy atom. The number of hydrogen-bond donors (Lipinski definition) is 2. The number of rotatable bonds is 6. The molecule has 0 aliphatic heterocycles. The molecule has 0 bridgehead atoms. The number of aliphatic carboxylic acids is 1. The number of aromatic nitrogens is 2. The molecule has 1 aromatic heterocycles.